The monoisotopic (exact) mass is 290 g/mol. The summed E-state index contributed by atoms with van der Waals surface area (Å²) < 4.78 is 0. The van der Waals surface area contributed by atoms with Gasteiger partial charge in [-0.1, -0.05) is 45.4 Å². The van der Waals surface area contributed by atoms with Crippen LogP contribution in [0.2, 0.25) is 0 Å². The van der Waals surface area contributed by atoms with Gasteiger partial charge >= 0.3 is 0 Å². The fourth-order valence-electron chi connectivity index (χ4n) is 2.48. The van der Waals surface area contributed by atoms with Gasteiger partial charge in [0.2, 0.25) is 0 Å². The number of hydrogen-bond acceptors (Lipinski definition) is 2. The van der Waals surface area contributed by atoms with E-state index in [-0.39, 0.29) is 6.61 Å². The first kappa shape index (κ1) is 17.7. The van der Waals surface area contributed by atoms with Crippen molar-refractivity contribution >= 4 is 10.9 Å². The van der Waals surface area contributed by atoms with Crippen LogP contribution in [-0.2, 0) is 6.42 Å². The minimum absolute atomic E-state index is 0.248. The van der Waals surface area contributed by atoms with Gasteiger partial charge in [-0.05, 0) is 31.0 Å². The van der Waals surface area contributed by atoms with Crippen LogP contribution in [0.25, 0.3) is 10.9 Å². The summed E-state index contributed by atoms with van der Waals surface area (Å²) in [5.74, 6) is 0. The van der Waals surface area contributed by atoms with Crippen molar-refractivity contribution < 1.29 is 5.11 Å². The zero-order valence-corrected chi connectivity index (χ0v) is 13.7. The second-order valence-electron chi connectivity index (χ2n) is 5.03. The fourth-order valence-corrected chi connectivity index (χ4v) is 2.48. The second kappa shape index (κ2) is 10.4. The number of fused-ring (bicyclic) bond motifs is 1. The fraction of sp³-hybridized carbons (Fsp3) is 0.556. The lowest BCUT2D eigenvalue weighted by atomic mass is 10.1. The molecule has 118 valence electrons. The smallest absolute Gasteiger partial charge is 0.0558 e. The first-order chi connectivity index (χ1) is 10.3. The summed E-state index contributed by atoms with van der Waals surface area (Å²) in [6.45, 7) is 9.33. The molecule has 1 aromatic heterocycles. The molecule has 1 aromatic carbocycles. The van der Waals surface area contributed by atoms with E-state index >= 15 is 0 Å². The average molecular weight is 290 g/mol. The number of rotatable bonds is 8. The van der Waals surface area contributed by atoms with Crippen molar-refractivity contribution in [3.05, 3.63) is 36.0 Å². The second-order valence-corrected chi connectivity index (χ2v) is 5.03. The van der Waals surface area contributed by atoms with Crippen molar-refractivity contribution in [2.45, 2.75) is 40.0 Å². The van der Waals surface area contributed by atoms with E-state index in [4.69, 9.17) is 5.11 Å². The molecular weight excluding hydrogens is 260 g/mol. The quantitative estimate of drug-likeness (QED) is 0.775. The standard InChI is InChI=1S/C16H24N2O.C2H6/c1-2-3-9-18(11-12-19)10-8-14-13-17-16-7-5-4-6-15(14)16;1-2/h4-7,13,17,19H,2-3,8-12H2,1H3;1-2H3. The van der Waals surface area contributed by atoms with E-state index in [1.165, 1.54) is 29.3 Å². The summed E-state index contributed by atoms with van der Waals surface area (Å²) in [5.41, 5.74) is 2.58. The summed E-state index contributed by atoms with van der Waals surface area (Å²) >= 11 is 0. The van der Waals surface area contributed by atoms with Crippen molar-refractivity contribution in [1.29, 1.82) is 0 Å². The van der Waals surface area contributed by atoms with Crippen LogP contribution in [-0.4, -0.2) is 41.2 Å². The normalized spacial score (nSPS) is 10.7. The highest BCUT2D eigenvalue weighted by Gasteiger charge is 2.07. The van der Waals surface area contributed by atoms with Gasteiger partial charge in [0.05, 0.1) is 6.61 Å². The molecule has 0 radical (unpaired) electrons. The van der Waals surface area contributed by atoms with Crippen molar-refractivity contribution in [3.8, 4) is 0 Å². The third-order valence-corrected chi connectivity index (χ3v) is 3.62. The summed E-state index contributed by atoms with van der Waals surface area (Å²) in [6.07, 6.45) is 5.55. The summed E-state index contributed by atoms with van der Waals surface area (Å²) in [7, 11) is 0. The SMILES string of the molecule is CC.CCCCN(CCO)CCc1c[nH]c2ccccc12. The Morgan fingerprint density at radius 1 is 1.10 bits per heavy atom. The number of aliphatic hydroxyl groups excluding tert-OH is 1. The molecule has 3 nitrogen and oxygen atoms in total. The highest BCUT2D eigenvalue weighted by atomic mass is 16.3. The molecule has 0 fully saturated rings. The Hall–Kier alpha value is -1.32. The van der Waals surface area contributed by atoms with Gasteiger partial charge < -0.3 is 15.0 Å². The zero-order valence-electron chi connectivity index (χ0n) is 13.7. The van der Waals surface area contributed by atoms with E-state index in [0.717, 1.165) is 26.1 Å². The number of aliphatic hydroxyl groups is 1. The van der Waals surface area contributed by atoms with Crippen LogP contribution in [0.4, 0.5) is 0 Å². The Labute approximate surface area is 129 Å². The molecule has 0 saturated heterocycles. The molecule has 0 unspecified atom stereocenters. The van der Waals surface area contributed by atoms with Crippen LogP contribution >= 0.6 is 0 Å². The molecule has 21 heavy (non-hydrogen) atoms. The summed E-state index contributed by atoms with van der Waals surface area (Å²) in [5, 5.41) is 10.4. The average Bonchev–Trinajstić information content (AvgIpc) is 2.95. The highest BCUT2D eigenvalue weighted by molar-refractivity contribution is 5.83. The molecule has 0 spiro atoms. The summed E-state index contributed by atoms with van der Waals surface area (Å²) in [4.78, 5) is 5.67. The molecule has 0 aliphatic heterocycles. The summed E-state index contributed by atoms with van der Waals surface area (Å²) in [6, 6.07) is 8.43. The maximum Gasteiger partial charge on any atom is 0.0558 e. The maximum absolute atomic E-state index is 9.12. The molecule has 0 bridgehead atoms. The Bertz CT molecular complexity index is 493. The van der Waals surface area contributed by atoms with E-state index in [2.05, 4.69) is 47.3 Å². The lowest BCUT2D eigenvalue weighted by Gasteiger charge is -2.20. The Morgan fingerprint density at radius 2 is 1.86 bits per heavy atom. The molecule has 0 aliphatic rings. The molecule has 2 aromatic rings. The number of aromatic amines is 1. The lowest BCUT2D eigenvalue weighted by Crippen LogP contribution is -2.30. The molecule has 0 aliphatic carbocycles. The molecule has 2 rings (SSSR count). The number of nitrogens with one attached hydrogen (secondary N) is 1. The Kier molecular flexibility index (Phi) is 8.79. The predicted molar refractivity (Wildman–Crippen MR) is 91.8 cm³/mol. The predicted octanol–water partition coefficient (Wildman–Crippen LogP) is 3.83. The van der Waals surface area contributed by atoms with Gasteiger partial charge in [0, 0.05) is 30.2 Å². The number of nitrogens with zero attached hydrogens (tertiary/aromatic N) is 1. The first-order valence-corrected chi connectivity index (χ1v) is 8.23. The molecule has 1 heterocycles. The molecular formula is C18H30N2O. The number of benzene rings is 1. The van der Waals surface area contributed by atoms with Crippen LogP contribution in [0, 0.1) is 0 Å². The lowest BCUT2D eigenvalue weighted by molar-refractivity contribution is 0.195. The van der Waals surface area contributed by atoms with Gasteiger partial charge in [-0.3, -0.25) is 0 Å². The van der Waals surface area contributed by atoms with Gasteiger partial charge in [0.15, 0.2) is 0 Å². The van der Waals surface area contributed by atoms with Crippen molar-refractivity contribution in [3.63, 3.8) is 0 Å². The molecule has 0 saturated carbocycles. The number of para-hydroxylation sites is 1. The number of hydrogen-bond donors (Lipinski definition) is 2. The van der Waals surface area contributed by atoms with Crippen molar-refractivity contribution in [2.75, 3.05) is 26.2 Å². The van der Waals surface area contributed by atoms with Gasteiger partial charge in [0.25, 0.3) is 0 Å². The van der Waals surface area contributed by atoms with Crippen LogP contribution in [0.5, 0.6) is 0 Å². The van der Waals surface area contributed by atoms with E-state index < -0.39 is 0 Å². The molecule has 3 heteroatoms. The number of aromatic nitrogens is 1. The minimum atomic E-state index is 0.248. The minimum Gasteiger partial charge on any atom is -0.395 e. The molecule has 2 N–H and O–H groups in total. The van der Waals surface area contributed by atoms with Crippen LogP contribution < -0.4 is 0 Å². The third-order valence-electron chi connectivity index (χ3n) is 3.62. The van der Waals surface area contributed by atoms with Gasteiger partial charge in [-0.15, -0.1) is 0 Å². The van der Waals surface area contributed by atoms with E-state index in [1.807, 2.05) is 13.8 Å². The van der Waals surface area contributed by atoms with Crippen LogP contribution in [0.1, 0.15) is 39.2 Å². The van der Waals surface area contributed by atoms with Gasteiger partial charge in [-0.2, -0.15) is 0 Å². The number of H-pyrrole nitrogens is 1. The number of unbranched alkanes of at least 4 members (excludes halogenated alkanes) is 1. The molecule has 0 atom stereocenters. The van der Waals surface area contributed by atoms with E-state index in [0.29, 0.717) is 0 Å². The first-order valence-electron chi connectivity index (χ1n) is 8.23. The topological polar surface area (TPSA) is 39.3 Å². The van der Waals surface area contributed by atoms with Crippen LogP contribution in [0.15, 0.2) is 30.5 Å². The molecule has 0 amide bonds. The Morgan fingerprint density at radius 3 is 2.57 bits per heavy atom. The van der Waals surface area contributed by atoms with Crippen molar-refractivity contribution in [1.82, 2.24) is 9.88 Å². The Balaban J connectivity index is 0.00000106. The largest absolute Gasteiger partial charge is 0.395 e. The van der Waals surface area contributed by atoms with Crippen molar-refractivity contribution in [2.24, 2.45) is 0 Å². The third kappa shape index (κ3) is 5.52. The maximum atomic E-state index is 9.12. The van der Waals surface area contributed by atoms with Crippen LogP contribution in [0.3, 0.4) is 0 Å². The highest BCUT2D eigenvalue weighted by Crippen LogP contribution is 2.18. The van der Waals surface area contributed by atoms with E-state index in [1.54, 1.807) is 0 Å². The van der Waals surface area contributed by atoms with Gasteiger partial charge in [-0.25, -0.2) is 0 Å². The van der Waals surface area contributed by atoms with E-state index in [9.17, 15) is 0 Å². The van der Waals surface area contributed by atoms with Gasteiger partial charge in [0.1, 0.15) is 0 Å². The zero-order chi connectivity index (χ0) is 15.5.